The van der Waals surface area contributed by atoms with Gasteiger partial charge < -0.3 is 19.1 Å². The molecule has 1 amide bonds. The molecule has 11 nitrogen and oxygen atoms in total. The minimum Gasteiger partial charge on any atom is -0.490 e. The summed E-state index contributed by atoms with van der Waals surface area (Å²) in [5.41, 5.74) is 0.987. The van der Waals surface area contributed by atoms with E-state index in [1.165, 1.54) is 4.90 Å². The van der Waals surface area contributed by atoms with Crippen LogP contribution in [0, 0.1) is 11.8 Å². The van der Waals surface area contributed by atoms with Crippen molar-refractivity contribution in [2.45, 2.75) is 64.2 Å². The molecule has 1 aliphatic heterocycles. The van der Waals surface area contributed by atoms with Gasteiger partial charge in [0.25, 0.3) is 0 Å². The van der Waals surface area contributed by atoms with E-state index in [2.05, 4.69) is 20.6 Å². The molecule has 2 fully saturated rings. The van der Waals surface area contributed by atoms with Crippen LogP contribution in [0.2, 0.25) is 0 Å². The third-order valence-electron chi connectivity index (χ3n) is 7.09. The molecule has 1 aromatic carbocycles. The van der Waals surface area contributed by atoms with Crippen LogP contribution in [0.4, 0.5) is 4.79 Å². The number of aromatic nitrogens is 5. The van der Waals surface area contributed by atoms with Crippen molar-refractivity contribution >= 4 is 12.1 Å². The minimum atomic E-state index is -1.01. The number of nitrogens with one attached hydrogen (secondary N) is 1. The van der Waals surface area contributed by atoms with Crippen LogP contribution in [0.15, 0.2) is 42.7 Å². The van der Waals surface area contributed by atoms with E-state index in [1.807, 2.05) is 47.3 Å². The number of amides is 1. The zero-order chi connectivity index (χ0) is 26.2. The molecule has 0 unspecified atom stereocenters. The summed E-state index contributed by atoms with van der Waals surface area (Å²) < 4.78 is 14.0. The molecule has 2 aromatic heterocycles. The summed E-state index contributed by atoms with van der Waals surface area (Å²) in [6.45, 7) is 5.72. The van der Waals surface area contributed by atoms with E-state index in [0.29, 0.717) is 31.0 Å². The SMILES string of the molecule is CC(C)(C)OC(=O)N1C[C@@H]2CC[C@H](Oc3cc(-n4cccc4)ccc3-c3nn[nH]n3)C[C@@H]2C[C@H]1C(=O)O. The molecule has 3 aromatic rings. The normalized spacial score (nSPS) is 23.8. The highest BCUT2D eigenvalue weighted by atomic mass is 16.6. The number of piperidine rings is 1. The topological polar surface area (TPSA) is 135 Å². The van der Waals surface area contributed by atoms with E-state index in [1.54, 1.807) is 20.8 Å². The van der Waals surface area contributed by atoms with Crippen LogP contribution >= 0.6 is 0 Å². The van der Waals surface area contributed by atoms with Gasteiger partial charge in [0.2, 0.25) is 5.82 Å². The molecule has 11 heteroatoms. The summed E-state index contributed by atoms with van der Waals surface area (Å²) in [6.07, 6.45) is 5.95. The highest BCUT2D eigenvalue weighted by Crippen LogP contribution is 2.41. The van der Waals surface area contributed by atoms with Crippen molar-refractivity contribution in [1.29, 1.82) is 0 Å². The zero-order valence-electron chi connectivity index (χ0n) is 21.2. The average Bonchev–Trinajstić information content (AvgIpc) is 3.57. The maximum absolute atomic E-state index is 12.8. The molecule has 0 radical (unpaired) electrons. The summed E-state index contributed by atoms with van der Waals surface area (Å²) in [5.74, 6) is 0.410. The average molecular weight is 509 g/mol. The largest absolute Gasteiger partial charge is 0.490 e. The van der Waals surface area contributed by atoms with Gasteiger partial charge in [-0.2, -0.15) is 5.21 Å². The van der Waals surface area contributed by atoms with Gasteiger partial charge in [-0.1, -0.05) is 0 Å². The Morgan fingerprint density at radius 3 is 2.57 bits per heavy atom. The van der Waals surface area contributed by atoms with Gasteiger partial charge in [-0.15, -0.1) is 10.2 Å². The fraction of sp³-hybridized carbons (Fsp3) is 0.500. The molecule has 37 heavy (non-hydrogen) atoms. The molecule has 2 aliphatic rings. The number of carbonyl (C=O) groups excluding carboxylic acids is 1. The van der Waals surface area contributed by atoms with Crippen molar-refractivity contribution in [2.75, 3.05) is 6.54 Å². The maximum Gasteiger partial charge on any atom is 0.411 e. The summed E-state index contributed by atoms with van der Waals surface area (Å²) in [5, 5.41) is 24.3. The number of carbonyl (C=O) groups is 2. The van der Waals surface area contributed by atoms with E-state index < -0.39 is 23.7 Å². The first-order chi connectivity index (χ1) is 17.7. The van der Waals surface area contributed by atoms with Crippen LogP contribution in [0.5, 0.6) is 5.75 Å². The van der Waals surface area contributed by atoms with Gasteiger partial charge >= 0.3 is 12.1 Å². The Bertz CT molecular complexity index is 1240. The Labute approximate surface area is 214 Å². The summed E-state index contributed by atoms with van der Waals surface area (Å²) >= 11 is 0. The first-order valence-electron chi connectivity index (χ1n) is 12.6. The summed E-state index contributed by atoms with van der Waals surface area (Å²) in [6, 6.07) is 8.85. The van der Waals surface area contributed by atoms with E-state index in [4.69, 9.17) is 9.47 Å². The van der Waals surface area contributed by atoms with Crippen LogP contribution in [-0.2, 0) is 9.53 Å². The second-order valence-corrected chi connectivity index (χ2v) is 10.8. The monoisotopic (exact) mass is 508 g/mol. The predicted octanol–water partition coefficient (Wildman–Crippen LogP) is 3.92. The number of hydrogen-bond acceptors (Lipinski definition) is 7. The van der Waals surface area contributed by atoms with Crippen molar-refractivity contribution < 1.29 is 24.2 Å². The molecule has 0 spiro atoms. The Hall–Kier alpha value is -3.89. The zero-order valence-corrected chi connectivity index (χ0v) is 21.2. The number of likely N-dealkylation sites (tertiary alicyclic amines) is 1. The van der Waals surface area contributed by atoms with Crippen molar-refractivity contribution in [3.05, 3.63) is 42.7 Å². The van der Waals surface area contributed by atoms with Crippen molar-refractivity contribution in [3.63, 3.8) is 0 Å². The number of aromatic amines is 1. The first-order valence-corrected chi connectivity index (χ1v) is 12.6. The summed E-state index contributed by atoms with van der Waals surface area (Å²) in [7, 11) is 0. The van der Waals surface area contributed by atoms with Gasteiger partial charge in [0.05, 0.1) is 11.7 Å². The first kappa shape index (κ1) is 24.8. The number of hydrogen-bond donors (Lipinski definition) is 2. The van der Waals surface area contributed by atoms with Gasteiger partial charge in [0, 0.05) is 30.7 Å². The van der Waals surface area contributed by atoms with E-state index in [9.17, 15) is 14.7 Å². The van der Waals surface area contributed by atoms with Gasteiger partial charge in [-0.3, -0.25) is 4.90 Å². The molecule has 1 aliphatic carbocycles. The quantitative estimate of drug-likeness (QED) is 0.529. The molecule has 1 saturated heterocycles. The molecule has 0 bridgehead atoms. The highest BCUT2D eigenvalue weighted by Gasteiger charge is 2.45. The Morgan fingerprint density at radius 1 is 1.11 bits per heavy atom. The number of fused-ring (bicyclic) bond motifs is 1. The molecular weight excluding hydrogens is 476 g/mol. The second-order valence-electron chi connectivity index (χ2n) is 10.8. The molecule has 196 valence electrons. The van der Waals surface area contributed by atoms with Crippen LogP contribution < -0.4 is 4.74 Å². The van der Waals surface area contributed by atoms with E-state index in [-0.39, 0.29) is 17.9 Å². The second kappa shape index (κ2) is 9.87. The van der Waals surface area contributed by atoms with E-state index >= 15 is 0 Å². The van der Waals surface area contributed by atoms with Gasteiger partial charge in [0.15, 0.2) is 0 Å². The highest BCUT2D eigenvalue weighted by molar-refractivity contribution is 5.80. The lowest BCUT2D eigenvalue weighted by atomic mass is 9.72. The molecule has 2 N–H and O–H groups in total. The smallest absolute Gasteiger partial charge is 0.411 e. The van der Waals surface area contributed by atoms with Crippen LogP contribution in [0.3, 0.4) is 0 Å². The molecule has 5 rings (SSSR count). The molecule has 1 saturated carbocycles. The van der Waals surface area contributed by atoms with Crippen molar-refractivity contribution in [3.8, 4) is 22.8 Å². The summed E-state index contributed by atoms with van der Waals surface area (Å²) in [4.78, 5) is 26.3. The molecular formula is C26H32N6O5. The maximum atomic E-state index is 12.8. The number of rotatable bonds is 5. The number of carboxylic acid groups (broad SMARTS) is 1. The number of carboxylic acids is 1. The molecule has 4 atom stereocenters. The molecule has 3 heterocycles. The third kappa shape index (κ3) is 5.45. The van der Waals surface area contributed by atoms with Crippen LogP contribution in [-0.4, -0.2) is 71.6 Å². The van der Waals surface area contributed by atoms with Crippen molar-refractivity contribution in [1.82, 2.24) is 30.1 Å². The van der Waals surface area contributed by atoms with Crippen LogP contribution in [0.25, 0.3) is 17.1 Å². The lowest BCUT2D eigenvalue weighted by Gasteiger charge is -2.46. The van der Waals surface area contributed by atoms with Gasteiger partial charge in [0.1, 0.15) is 17.4 Å². The fourth-order valence-corrected chi connectivity index (χ4v) is 5.39. The number of tetrazole rings is 1. The number of benzene rings is 1. The standard InChI is InChI=1S/C26H32N6O5/c1-26(2,3)37-25(35)32-15-16-6-8-19(12-17(16)13-21(32)24(33)34)36-22-14-18(31-10-4-5-11-31)7-9-20(22)23-27-29-30-28-23/h4-5,7,9-11,14,16-17,19,21H,6,8,12-13,15H2,1-3H3,(H,33,34)(H,27,28,29,30)/t16-,17+,19-,21-/m0/s1. The Balaban J connectivity index is 1.34. The third-order valence-corrected chi connectivity index (χ3v) is 7.09. The van der Waals surface area contributed by atoms with Crippen molar-refractivity contribution in [2.24, 2.45) is 11.8 Å². The van der Waals surface area contributed by atoms with Crippen LogP contribution in [0.1, 0.15) is 46.5 Å². The number of H-pyrrole nitrogens is 1. The van der Waals surface area contributed by atoms with Gasteiger partial charge in [-0.25, -0.2) is 9.59 Å². The van der Waals surface area contributed by atoms with E-state index in [0.717, 1.165) is 24.1 Å². The number of nitrogens with zero attached hydrogens (tertiary/aromatic N) is 5. The minimum absolute atomic E-state index is 0.102. The number of ether oxygens (including phenoxy) is 2. The fourth-order valence-electron chi connectivity index (χ4n) is 5.39. The Morgan fingerprint density at radius 2 is 1.89 bits per heavy atom. The lowest BCUT2D eigenvalue weighted by molar-refractivity contribution is -0.147. The lowest BCUT2D eigenvalue weighted by Crippen LogP contribution is -2.56. The Kier molecular flexibility index (Phi) is 6.61. The predicted molar refractivity (Wildman–Crippen MR) is 133 cm³/mol. The van der Waals surface area contributed by atoms with Gasteiger partial charge in [-0.05, 0) is 87.8 Å². The number of aliphatic carboxylic acids is 1.